The molecule has 0 bridgehead atoms. The van der Waals surface area contributed by atoms with Gasteiger partial charge >= 0.3 is 6.18 Å². The molecule has 0 radical (unpaired) electrons. The van der Waals surface area contributed by atoms with E-state index >= 15 is 0 Å². The summed E-state index contributed by atoms with van der Waals surface area (Å²) in [4.78, 5) is 14.4. The van der Waals surface area contributed by atoms with Crippen molar-refractivity contribution in [1.82, 2.24) is 10.2 Å². The van der Waals surface area contributed by atoms with Crippen LogP contribution in [-0.2, 0) is 22.3 Å². The number of rotatable bonds is 6. The number of amides is 1. The number of carbonyl (C=O) groups is 1. The molecule has 3 rings (SSSR count). The number of carbonyl (C=O) groups excluding carboxylic acids is 1. The van der Waals surface area contributed by atoms with Gasteiger partial charge in [0, 0.05) is 38.7 Å². The highest BCUT2D eigenvalue weighted by atomic mass is 19.4. The minimum Gasteiger partial charge on any atom is -0.384 e. The Morgan fingerprint density at radius 3 is 2.64 bits per heavy atom. The number of methoxy groups -OCH3 is 1. The van der Waals surface area contributed by atoms with Crippen molar-refractivity contribution in [3.8, 4) is 0 Å². The van der Waals surface area contributed by atoms with Crippen LogP contribution in [0.2, 0.25) is 0 Å². The molecule has 1 heterocycles. The van der Waals surface area contributed by atoms with E-state index in [-0.39, 0.29) is 35.9 Å². The second-order valence-electron chi connectivity index (χ2n) is 6.95. The van der Waals surface area contributed by atoms with Crippen LogP contribution >= 0.6 is 0 Å². The first-order chi connectivity index (χ1) is 11.9. The summed E-state index contributed by atoms with van der Waals surface area (Å²) in [5.74, 6) is -0.239. The quantitative estimate of drug-likeness (QED) is 0.852. The highest BCUT2D eigenvalue weighted by molar-refractivity contribution is 5.80. The molecular weight excluding hydrogens is 333 g/mol. The average Bonchev–Trinajstić information content (AvgIpc) is 3.27. The smallest absolute Gasteiger partial charge is 0.384 e. The van der Waals surface area contributed by atoms with Gasteiger partial charge in [-0.2, -0.15) is 13.2 Å². The maximum atomic E-state index is 13.2. The number of hydrogen-bond donors (Lipinski definition) is 1. The molecule has 2 aliphatic rings. The van der Waals surface area contributed by atoms with E-state index in [4.69, 9.17) is 4.74 Å². The Labute approximate surface area is 145 Å². The van der Waals surface area contributed by atoms with E-state index in [1.54, 1.807) is 13.2 Å². The summed E-state index contributed by atoms with van der Waals surface area (Å²) in [6, 6.07) is 5.90. The molecule has 2 atom stereocenters. The van der Waals surface area contributed by atoms with E-state index in [1.165, 1.54) is 12.1 Å². The second-order valence-corrected chi connectivity index (χ2v) is 6.95. The number of hydrogen-bond acceptors (Lipinski definition) is 3. The van der Waals surface area contributed by atoms with Crippen LogP contribution in [0.15, 0.2) is 24.3 Å². The van der Waals surface area contributed by atoms with Gasteiger partial charge in [0.2, 0.25) is 5.91 Å². The Bertz CT molecular complexity index is 617. The number of likely N-dealkylation sites (tertiary alicyclic amines) is 1. The molecule has 1 N–H and O–H groups in total. The molecule has 4 nitrogen and oxygen atoms in total. The van der Waals surface area contributed by atoms with Gasteiger partial charge < -0.3 is 10.1 Å². The van der Waals surface area contributed by atoms with Crippen LogP contribution in [0.3, 0.4) is 0 Å². The number of alkyl halides is 3. The molecule has 1 saturated heterocycles. The van der Waals surface area contributed by atoms with Gasteiger partial charge in [-0.15, -0.1) is 0 Å². The fraction of sp³-hybridized carbons (Fsp3) is 0.611. The normalized spacial score (nSPS) is 24.5. The Balaban J connectivity index is 1.70. The van der Waals surface area contributed by atoms with Crippen molar-refractivity contribution in [2.45, 2.75) is 31.6 Å². The topological polar surface area (TPSA) is 41.6 Å². The van der Waals surface area contributed by atoms with Crippen molar-refractivity contribution >= 4 is 5.91 Å². The lowest BCUT2D eigenvalue weighted by Crippen LogP contribution is -2.37. The highest BCUT2D eigenvalue weighted by Gasteiger charge is 2.40. The molecule has 1 aromatic carbocycles. The molecule has 1 aliphatic heterocycles. The second kappa shape index (κ2) is 7.33. The van der Waals surface area contributed by atoms with Crippen LogP contribution in [0.5, 0.6) is 0 Å². The lowest BCUT2D eigenvalue weighted by atomic mass is 9.96. The molecule has 0 unspecified atom stereocenters. The SMILES string of the molecule is COC[C@@H]1CN(Cc2ccccc2C(F)(F)F)C[C@H]1C(=O)NC1CC1. The third-order valence-corrected chi connectivity index (χ3v) is 4.87. The van der Waals surface area contributed by atoms with E-state index in [1.807, 2.05) is 4.90 Å². The zero-order valence-electron chi connectivity index (χ0n) is 14.2. The molecule has 1 amide bonds. The van der Waals surface area contributed by atoms with E-state index in [0.29, 0.717) is 19.7 Å². The van der Waals surface area contributed by atoms with Crippen molar-refractivity contribution < 1.29 is 22.7 Å². The number of nitrogens with one attached hydrogen (secondary N) is 1. The van der Waals surface area contributed by atoms with E-state index < -0.39 is 11.7 Å². The van der Waals surface area contributed by atoms with Gasteiger partial charge in [-0.3, -0.25) is 9.69 Å². The maximum Gasteiger partial charge on any atom is 0.416 e. The zero-order chi connectivity index (χ0) is 18.0. The standard InChI is InChI=1S/C18H23F3N2O2/c1-25-11-13-9-23(10-15(13)17(24)22-14-6-7-14)8-12-4-2-3-5-16(12)18(19,20)21/h2-5,13-15H,6-11H2,1H3,(H,22,24)/t13-,15+/m0/s1. The van der Waals surface area contributed by atoms with Crippen molar-refractivity contribution in [2.75, 3.05) is 26.8 Å². The molecule has 2 fully saturated rings. The van der Waals surface area contributed by atoms with E-state index in [2.05, 4.69) is 5.32 Å². The summed E-state index contributed by atoms with van der Waals surface area (Å²) < 4.78 is 44.7. The van der Waals surface area contributed by atoms with Crippen LogP contribution in [0.25, 0.3) is 0 Å². The fourth-order valence-electron chi connectivity index (χ4n) is 3.48. The fourth-order valence-corrected chi connectivity index (χ4v) is 3.48. The van der Waals surface area contributed by atoms with Gasteiger partial charge in [0.15, 0.2) is 0 Å². The summed E-state index contributed by atoms with van der Waals surface area (Å²) >= 11 is 0. The summed E-state index contributed by atoms with van der Waals surface area (Å²) in [7, 11) is 1.58. The molecule has 1 saturated carbocycles. The van der Waals surface area contributed by atoms with E-state index in [0.717, 1.165) is 18.9 Å². The number of ether oxygens (including phenoxy) is 1. The van der Waals surface area contributed by atoms with Crippen LogP contribution in [0.4, 0.5) is 13.2 Å². The van der Waals surface area contributed by atoms with Crippen LogP contribution in [0, 0.1) is 11.8 Å². The first-order valence-electron chi connectivity index (χ1n) is 8.55. The minimum absolute atomic E-state index is 0.00167. The van der Waals surface area contributed by atoms with Crippen molar-refractivity contribution in [3.63, 3.8) is 0 Å². The number of benzene rings is 1. The summed E-state index contributed by atoms with van der Waals surface area (Å²) in [6.07, 6.45) is -2.35. The monoisotopic (exact) mass is 356 g/mol. The summed E-state index contributed by atoms with van der Waals surface area (Å²) in [5.41, 5.74) is -0.362. The predicted molar refractivity (Wildman–Crippen MR) is 86.7 cm³/mol. The van der Waals surface area contributed by atoms with Gasteiger partial charge in [0.25, 0.3) is 0 Å². The van der Waals surface area contributed by atoms with Gasteiger partial charge in [-0.1, -0.05) is 18.2 Å². The molecule has 1 aliphatic carbocycles. The van der Waals surface area contributed by atoms with Gasteiger partial charge in [0.05, 0.1) is 18.1 Å². The Hall–Kier alpha value is -1.60. The molecule has 138 valence electrons. The van der Waals surface area contributed by atoms with Crippen molar-refractivity contribution in [2.24, 2.45) is 11.8 Å². The summed E-state index contributed by atoms with van der Waals surface area (Å²) in [5, 5.41) is 3.00. The number of nitrogens with zero attached hydrogens (tertiary/aromatic N) is 1. The molecule has 1 aromatic rings. The third kappa shape index (κ3) is 4.52. The Morgan fingerprint density at radius 2 is 2.00 bits per heavy atom. The lowest BCUT2D eigenvalue weighted by Gasteiger charge is -2.19. The molecule has 0 spiro atoms. The molecule has 25 heavy (non-hydrogen) atoms. The first-order valence-corrected chi connectivity index (χ1v) is 8.55. The lowest BCUT2D eigenvalue weighted by molar-refractivity contribution is -0.138. The van der Waals surface area contributed by atoms with Crippen LogP contribution < -0.4 is 5.32 Å². The Kier molecular flexibility index (Phi) is 5.34. The molecular formula is C18H23F3N2O2. The molecule has 7 heteroatoms. The summed E-state index contributed by atoms with van der Waals surface area (Å²) in [6.45, 7) is 1.63. The maximum absolute atomic E-state index is 13.2. The third-order valence-electron chi connectivity index (χ3n) is 4.87. The zero-order valence-corrected chi connectivity index (χ0v) is 14.2. The minimum atomic E-state index is -4.37. The first kappa shape index (κ1) is 18.2. The molecule has 0 aromatic heterocycles. The highest BCUT2D eigenvalue weighted by Crippen LogP contribution is 2.34. The van der Waals surface area contributed by atoms with Crippen molar-refractivity contribution in [3.05, 3.63) is 35.4 Å². The van der Waals surface area contributed by atoms with Crippen LogP contribution in [0.1, 0.15) is 24.0 Å². The van der Waals surface area contributed by atoms with E-state index in [9.17, 15) is 18.0 Å². The largest absolute Gasteiger partial charge is 0.416 e. The van der Waals surface area contributed by atoms with Gasteiger partial charge in [0.1, 0.15) is 0 Å². The Morgan fingerprint density at radius 1 is 1.28 bits per heavy atom. The van der Waals surface area contributed by atoms with Crippen LogP contribution in [-0.4, -0.2) is 43.7 Å². The number of halogens is 3. The van der Waals surface area contributed by atoms with Gasteiger partial charge in [-0.25, -0.2) is 0 Å². The average molecular weight is 356 g/mol. The van der Waals surface area contributed by atoms with Crippen molar-refractivity contribution in [1.29, 1.82) is 0 Å². The van der Waals surface area contributed by atoms with Gasteiger partial charge in [-0.05, 0) is 24.5 Å². The predicted octanol–water partition coefficient (Wildman–Crippen LogP) is 2.68.